The van der Waals surface area contributed by atoms with Crippen LogP contribution in [0.3, 0.4) is 0 Å². The molecular weight excluding hydrogens is 219 g/mol. The van der Waals surface area contributed by atoms with Gasteiger partial charge in [-0.3, -0.25) is 0 Å². The van der Waals surface area contributed by atoms with E-state index in [1.165, 1.54) is 0 Å². The van der Waals surface area contributed by atoms with E-state index in [4.69, 9.17) is 0 Å². The minimum absolute atomic E-state index is 0. The maximum absolute atomic E-state index is 0. The van der Waals surface area contributed by atoms with Crippen molar-refractivity contribution in [3.05, 3.63) is 0 Å². The molecule has 64 valence electrons. The number of rotatable bonds is 0. The summed E-state index contributed by atoms with van der Waals surface area (Å²) in [6, 6.07) is 0. The Balaban J connectivity index is 0. The van der Waals surface area contributed by atoms with Gasteiger partial charge in [-0.1, -0.05) is 0 Å². The van der Waals surface area contributed by atoms with Crippen molar-refractivity contribution >= 4 is 62.0 Å². The van der Waals surface area contributed by atoms with Gasteiger partial charge in [-0.25, -0.2) is 0 Å². The van der Waals surface area contributed by atoms with Crippen molar-refractivity contribution in [3.8, 4) is 0 Å². The van der Waals surface area contributed by atoms with E-state index < -0.39 is 0 Å². The normalized spacial score (nSPS) is 0. The second-order valence-corrected chi connectivity index (χ2v) is 0. The highest BCUT2D eigenvalue weighted by Gasteiger charge is -0.143. The van der Waals surface area contributed by atoms with Crippen molar-refractivity contribution in [3.63, 3.8) is 0 Å². The van der Waals surface area contributed by atoms with Crippen molar-refractivity contribution < 1.29 is 0 Å². The molecule has 3 nitrogen and oxygen atoms in total. The predicted octanol–water partition coefficient (Wildman–Crippen LogP) is 2.59. The largest absolute Gasteiger partial charge is 0.344 e. The first-order valence-electron chi connectivity index (χ1n) is 0. The summed E-state index contributed by atoms with van der Waals surface area (Å²) >= 11 is 0. The quantitative estimate of drug-likeness (QED) is 0.598. The molecule has 0 aliphatic carbocycles. The minimum Gasteiger partial charge on any atom is -0.344 e. The highest BCUT2D eigenvalue weighted by Crippen LogP contribution is 0.694. The summed E-state index contributed by atoms with van der Waals surface area (Å²) in [5.74, 6) is 0. The summed E-state index contributed by atoms with van der Waals surface area (Å²) in [7, 11) is 0. The van der Waals surface area contributed by atoms with Crippen LogP contribution in [-0.4, -0.2) is 0 Å². The Morgan fingerprint density at radius 3 is 0.250 bits per heavy atom. The lowest BCUT2D eigenvalue weighted by molar-refractivity contribution is 2.13. The zero-order chi connectivity index (χ0) is 0. The molecule has 0 aliphatic rings. The van der Waals surface area contributed by atoms with Crippen LogP contribution >= 0.6 is 62.0 Å². The van der Waals surface area contributed by atoms with Gasteiger partial charge in [0, 0.05) is 0 Å². The van der Waals surface area contributed by atoms with E-state index in [-0.39, 0.29) is 80.5 Å². The van der Waals surface area contributed by atoms with Crippen LogP contribution in [0.25, 0.3) is 0 Å². The zero-order valence-electron chi connectivity index (χ0n) is 4.16. The third kappa shape index (κ3) is 166. The molecule has 0 heterocycles. The Labute approximate surface area is 80.5 Å². The van der Waals surface area contributed by atoms with Crippen molar-refractivity contribution in [2.24, 2.45) is 0 Å². The molecule has 0 amide bonds. The van der Waals surface area contributed by atoms with Gasteiger partial charge in [0.1, 0.15) is 0 Å². The number of hydrogen-bond donors (Lipinski definition) is 3. The van der Waals surface area contributed by atoms with E-state index in [9.17, 15) is 0 Å². The molecule has 0 bridgehead atoms. The Kier molecular flexibility index (Phi) is 11600. The van der Waals surface area contributed by atoms with Gasteiger partial charge < -0.3 is 18.5 Å². The summed E-state index contributed by atoms with van der Waals surface area (Å²) in [4.78, 5) is 0. The van der Waals surface area contributed by atoms with E-state index >= 15 is 0 Å². The lowest BCUT2D eigenvalue weighted by Gasteiger charge is -0.345. The zero-order valence-corrected chi connectivity index (χ0v) is 8.25. The van der Waals surface area contributed by atoms with Gasteiger partial charge in [-0.05, 0) is 0 Å². The third-order valence-corrected chi connectivity index (χ3v) is 0. The molecule has 0 unspecified atom stereocenters. The Morgan fingerprint density at radius 2 is 0.250 bits per heavy atom. The summed E-state index contributed by atoms with van der Waals surface area (Å²) in [6.07, 6.45) is 0. The molecule has 0 saturated heterocycles. The van der Waals surface area contributed by atoms with E-state index in [1.807, 2.05) is 0 Å². The van der Waals surface area contributed by atoms with Crippen molar-refractivity contribution in [2.45, 2.75) is 0 Å². The number of hydrogen-bond acceptors (Lipinski definition) is 3. The summed E-state index contributed by atoms with van der Waals surface area (Å²) in [5, 5.41) is 0. The van der Waals surface area contributed by atoms with Crippen molar-refractivity contribution in [2.75, 3.05) is 0 Å². The highest BCUT2D eigenvalue weighted by molar-refractivity contribution is 5.86. The van der Waals surface area contributed by atoms with Gasteiger partial charge in [0.15, 0.2) is 0 Å². The monoisotopic (exact) mass is 231 g/mol. The Bertz CT molecular complexity index is 7.64. The van der Waals surface area contributed by atoms with Gasteiger partial charge in [-0.2, -0.15) is 0 Å². The van der Waals surface area contributed by atoms with Crippen molar-refractivity contribution in [1.29, 1.82) is 0 Å². The maximum Gasteiger partial charge on any atom is -0.147 e. The molecule has 0 aliphatic heterocycles. The summed E-state index contributed by atoms with van der Waals surface area (Å²) in [5.41, 5.74) is 0. The fraction of sp³-hybridized carbons (Fsp3) is 0. The molecule has 0 aromatic carbocycles. The topological polar surface area (TPSA) is 105 Å². The van der Waals surface area contributed by atoms with Crippen LogP contribution in [0.15, 0.2) is 0 Å². The van der Waals surface area contributed by atoms with Crippen LogP contribution in [0.5, 0.6) is 0 Å². The molecule has 0 rings (SSSR count). The van der Waals surface area contributed by atoms with E-state index in [1.54, 1.807) is 0 Å². The smallest absolute Gasteiger partial charge is 0.147 e. The molecule has 0 radical (unpaired) electrons. The molecule has 0 atom stereocenters. The Hall–Kier alpha value is 1.33. The van der Waals surface area contributed by atoms with Crippen LogP contribution in [-0.2, 0) is 0 Å². The van der Waals surface area contributed by atoms with Gasteiger partial charge >= 0.3 is 0 Å². The second kappa shape index (κ2) is 253. The van der Waals surface area contributed by atoms with Crippen LogP contribution in [0.2, 0.25) is 0 Å². The van der Waals surface area contributed by atoms with Gasteiger partial charge in [-0.15, -0.1) is 62.0 Å². The molecule has 8 heteroatoms. The standard InChI is InChI=1S/5ClH.3H3N/h5*1H;3*1H3. The molecule has 0 aromatic heterocycles. The van der Waals surface area contributed by atoms with Crippen LogP contribution in [0.4, 0.5) is 0 Å². The number of halogens is 5. The second-order valence-electron chi connectivity index (χ2n) is 0. The first-order valence-corrected chi connectivity index (χ1v) is 0. The summed E-state index contributed by atoms with van der Waals surface area (Å²) in [6.45, 7) is 0. The lowest BCUT2D eigenvalue weighted by Crippen LogP contribution is -0.482. The predicted molar refractivity (Wildman–Crippen MR) is 51.3 cm³/mol. The molecule has 9 N–H and O–H groups in total. The lowest BCUT2D eigenvalue weighted by atomic mass is 14.0. The average molecular weight is 233 g/mol. The minimum atomic E-state index is 0. The van der Waals surface area contributed by atoms with E-state index in [0.717, 1.165) is 0 Å². The molecule has 0 saturated carbocycles. The first-order chi connectivity index (χ1) is 0. The molecular formula is H14Cl5N3. The van der Waals surface area contributed by atoms with Gasteiger partial charge in [0.05, 0.1) is 0 Å². The fourth-order valence-corrected chi connectivity index (χ4v) is 0. The molecule has 8 heavy (non-hydrogen) atoms. The Morgan fingerprint density at radius 1 is 0.250 bits per heavy atom. The van der Waals surface area contributed by atoms with Gasteiger partial charge in [0.2, 0.25) is 0 Å². The highest BCUT2D eigenvalue weighted by atomic mass is 35.5. The van der Waals surface area contributed by atoms with Crippen LogP contribution in [0.1, 0.15) is 0 Å². The van der Waals surface area contributed by atoms with Crippen molar-refractivity contribution in [1.82, 2.24) is 18.5 Å². The van der Waals surface area contributed by atoms with Gasteiger partial charge in [0.25, 0.3) is 0 Å². The van der Waals surface area contributed by atoms with E-state index in [0.29, 0.717) is 0 Å². The maximum atomic E-state index is 0. The molecule has 0 spiro atoms. The summed E-state index contributed by atoms with van der Waals surface area (Å²) < 4.78 is 0. The van der Waals surface area contributed by atoms with Crippen LogP contribution in [0, 0.1) is 0 Å². The average Bonchev–Trinajstić information content (AvgIpc) is 0. The van der Waals surface area contributed by atoms with Crippen LogP contribution < -0.4 is 18.5 Å². The molecule has 0 fully saturated rings. The SMILES string of the molecule is Cl.Cl.Cl.Cl.Cl.N.N.N. The third-order valence-electron chi connectivity index (χ3n) is 0. The fourth-order valence-electron chi connectivity index (χ4n) is 0. The first kappa shape index (κ1) is 366. The molecule has 0 aromatic rings. The van der Waals surface area contributed by atoms with E-state index in [2.05, 4.69) is 0 Å².